The minimum atomic E-state index is -0.652. The highest BCUT2D eigenvalue weighted by Gasteiger charge is 2.10. The second-order valence-electron chi connectivity index (χ2n) is 3.57. The molecule has 5 N–H and O–H groups in total. The van der Waals surface area contributed by atoms with Crippen LogP contribution < -0.4 is 16.8 Å². The van der Waals surface area contributed by atoms with Crippen LogP contribution in [0, 0.1) is 12.3 Å². The Morgan fingerprint density at radius 2 is 2.18 bits per heavy atom. The van der Waals surface area contributed by atoms with Gasteiger partial charge in [-0.2, -0.15) is 0 Å². The Labute approximate surface area is 101 Å². The largest absolute Gasteiger partial charge is 0.449 e. The Balaban J connectivity index is 3.48. The van der Waals surface area contributed by atoms with Crippen LogP contribution >= 0.6 is 0 Å². The third-order valence-electron chi connectivity index (χ3n) is 2.12. The Bertz CT molecular complexity index is 276. The number of carbonyl (C=O) groups excluding carboxylic acids is 2. The lowest BCUT2D eigenvalue weighted by Crippen LogP contribution is -2.40. The van der Waals surface area contributed by atoms with Gasteiger partial charge in [-0.05, 0) is 19.3 Å². The van der Waals surface area contributed by atoms with Crippen molar-refractivity contribution in [3.8, 4) is 12.3 Å². The van der Waals surface area contributed by atoms with Gasteiger partial charge in [-0.1, -0.05) is 0 Å². The Morgan fingerprint density at radius 3 is 2.76 bits per heavy atom. The molecule has 0 rings (SSSR count). The number of nitrogens with one attached hydrogen (secondary N) is 1. The molecular weight excluding hydrogens is 222 g/mol. The standard InChI is InChI=1S/C11H19N3O3/c1-2-5-9(12)11(16)14-7-4-3-6-10(13)17-8-15/h1,8-10H,3-7,12-13H2,(H,14,16)/t9?,10-/m1/s1. The van der Waals surface area contributed by atoms with Crippen molar-refractivity contribution < 1.29 is 14.3 Å². The van der Waals surface area contributed by atoms with E-state index in [0.29, 0.717) is 19.4 Å². The number of unbranched alkanes of at least 4 members (excludes halogenated alkanes) is 1. The van der Waals surface area contributed by atoms with Crippen LogP contribution in [0.3, 0.4) is 0 Å². The van der Waals surface area contributed by atoms with Crippen LogP contribution in [0.25, 0.3) is 0 Å². The molecule has 0 fully saturated rings. The van der Waals surface area contributed by atoms with Crippen LogP contribution in [0.2, 0.25) is 0 Å². The fourth-order valence-electron chi connectivity index (χ4n) is 1.17. The predicted octanol–water partition coefficient (Wildman–Crippen LogP) is -0.919. The van der Waals surface area contributed by atoms with Crippen molar-refractivity contribution in [1.82, 2.24) is 5.32 Å². The van der Waals surface area contributed by atoms with Crippen LogP contribution in [0.1, 0.15) is 25.7 Å². The highest BCUT2D eigenvalue weighted by atomic mass is 16.5. The first-order valence-corrected chi connectivity index (χ1v) is 5.43. The fourth-order valence-corrected chi connectivity index (χ4v) is 1.17. The number of nitrogens with two attached hydrogens (primary N) is 2. The Kier molecular flexibility index (Phi) is 8.74. The first-order chi connectivity index (χ1) is 8.11. The summed E-state index contributed by atoms with van der Waals surface area (Å²) in [6, 6.07) is -0.652. The molecular formula is C11H19N3O3. The van der Waals surface area contributed by atoms with Gasteiger partial charge in [-0.25, -0.2) is 0 Å². The summed E-state index contributed by atoms with van der Waals surface area (Å²) in [5.41, 5.74) is 10.9. The van der Waals surface area contributed by atoms with E-state index in [1.807, 2.05) is 0 Å². The van der Waals surface area contributed by atoms with Gasteiger partial charge in [0, 0.05) is 13.0 Å². The van der Waals surface area contributed by atoms with Crippen LogP contribution in [0.15, 0.2) is 0 Å². The fraction of sp³-hybridized carbons (Fsp3) is 0.636. The molecule has 0 saturated heterocycles. The number of hydrogen-bond donors (Lipinski definition) is 3. The van der Waals surface area contributed by atoms with Gasteiger partial charge in [0.15, 0.2) is 6.23 Å². The highest BCUT2D eigenvalue weighted by molar-refractivity contribution is 5.81. The van der Waals surface area contributed by atoms with E-state index in [9.17, 15) is 9.59 Å². The van der Waals surface area contributed by atoms with Crippen molar-refractivity contribution in [3.05, 3.63) is 0 Å². The third-order valence-corrected chi connectivity index (χ3v) is 2.12. The van der Waals surface area contributed by atoms with E-state index in [2.05, 4.69) is 16.0 Å². The maximum atomic E-state index is 11.3. The van der Waals surface area contributed by atoms with Gasteiger partial charge < -0.3 is 15.8 Å². The molecule has 96 valence electrons. The minimum Gasteiger partial charge on any atom is -0.449 e. The molecule has 0 spiro atoms. The van der Waals surface area contributed by atoms with E-state index in [4.69, 9.17) is 17.9 Å². The molecule has 17 heavy (non-hydrogen) atoms. The number of hydrogen-bond acceptors (Lipinski definition) is 5. The molecule has 0 aliphatic heterocycles. The lowest BCUT2D eigenvalue weighted by Gasteiger charge is -2.11. The van der Waals surface area contributed by atoms with E-state index >= 15 is 0 Å². The van der Waals surface area contributed by atoms with Gasteiger partial charge in [-0.15, -0.1) is 12.3 Å². The van der Waals surface area contributed by atoms with Crippen LogP contribution in [0.4, 0.5) is 0 Å². The molecule has 1 amide bonds. The zero-order valence-corrected chi connectivity index (χ0v) is 9.72. The maximum absolute atomic E-state index is 11.3. The summed E-state index contributed by atoms with van der Waals surface area (Å²) in [6.45, 7) is 0.830. The van der Waals surface area contributed by atoms with Gasteiger partial charge >= 0.3 is 0 Å². The second kappa shape index (κ2) is 9.63. The molecule has 0 saturated carbocycles. The molecule has 0 aromatic heterocycles. The molecule has 0 aliphatic rings. The van der Waals surface area contributed by atoms with Crippen LogP contribution in [0.5, 0.6) is 0 Å². The van der Waals surface area contributed by atoms with E-state index in [-0.39, 0.29) is 12.3 Å². The van der Waals surface area contributed by atoms with Crippen molar-refractivity contribution in [2.24, 2.45) is 11.5 Å². The molecule has 0 aliphatic carbocycles. The minimum absolute atomic E-state index is 0.226. The first kappa shape index (κ1) is 15.4. The second-order valence-corrected chi connectivity index (χ2v) is 3.57. The molecule has 0 heterocycles. The SMILES string of the molecule is C#CCC(N)C(=O)NCCCC[C@H](N)OC=O. The quantitative estimate of drug-likeness (QED) is 0.209. The smallest absolute Gasteiger partial charge is 0.294 e. The normalized spacial score (nSPS) is 13.2. The average Bonchev–Trinajstić information content (AvgIpc) is 2.29. The van der Waals surface area contributed by atoms with Gasteiger partial charge in [0.05, 0.1) is 6.04 Å². The third kappa shape index (κ3) is 8.25. The molecule has 0 radical (unpaired) electrons. The molecule has 0 bridgehead atoms. The van der Waals surface area contributed by atoms with E-state index < -0.39 is 12.3 Å². The Hall–Kier alpha value is -1.58. The lowest BCUT2D eigenvalue weighted by atomic mass is 10.2. The van der Waals surface area contributed by atoms with Gasteiger partial charge in [0.2, 0.25) is 5.91 Å². The molecule has 2 atom stereocenters. The van der Waals surface area contributed by atoms with Crippen LogP contribution in [-0.2, 0) is 14.3 Å². The van der Waals surface area contributed by atoms with E-state index in [0.717, 1.165) is 12.8 Å². The number of terminal acetylenes is 1. The summed E-state index contributed by atoms with van der Waals surface area (Å²) in [6.07, 6.45) is 6.74. The summed E-state index contributed by atoms with van der Waals surface area (Å²) in [7, 11) is 0. The number of ether oxygens (including phenoxy) is 1. The van der Waals surface area contributed by atoms with Crippen molar-refractivity contribution in [3.63, 3.8) is 0 Å². The number of amides is 1. The monoisotopic (exact) mass is 241 g/mol. The topological polar surface area (TPSA) is 107 Å². The highest BCUT2D eigenvalue weighted by Crippen LogP contribution is 1.98. The van der Waals surface area contributed by atoms with Crippen molar-refractivity contribution in [1.29, 1.82) is 0 Å². The first-order valence-electron chi connectivity index (χ1n) is 5.43. The Morgan fingerprint density at radius 1 is 1.47 bits per heavy atom. The van der Waals surface area contributed by atoms with Crippen molar-refractivity contribution in [2.45, 2.75) is 38.0 Å². The zero-order chi connectivity index (χ0) is 13.1. The average molecular weight is 241 g/mol. The molecule has 0 aromatic rings. The summed E-state index contributed by atoms with van der Waals surface area (Å²) in [5.74, 6) is 2.07. The predicted molar refractivity (Wildman–Crippen MR) is 63.4 cm³/mol. The van der Waals surface area contributed by atoms with E-state index in [1.54, 1.807) is 0 Å². The summed E-state index contributed by atoms with van der Waals surface area (Å²) >= 11 is 0. The molecule has 0 aromatic carbocycles. The summed E-state index contributed by atoms with van der Waals surface area (Å²) < 4.78 is 4.51. The van der Waals surface area contributed by atoms with Crippen LogP contribution in [-0.4, -0.2) is 31.2 Å². The maximum Gasteiger partial charge on any atom is 0.294 e. The molecule has 6 heteroatoms. The van der Waals surface area contributed by atoms with Gasteiger partial charge in [-0.3, -0.25) is 15.3 Å². The number of rotatable bonds is 9. The summed E-state index contributed by atoms with van der Waals surface area (Å²) in [4.78, 5) is 21.2. The molecule has 6 nitrogen and oxygen atoms in total. The van der Waals surface area contributed by atoms with Gasteiger partial charge in [0.25, 0.3) is 6.47 Å². The van der Waals surface area contributed by atoms with Crippen molar-refractivity contribution >= 4 is 12.4 Å². The zero-order valence-electron chi connectivity index (χ0n) is 9.72. The summed E-state index contributed by atoms with van der Waals surface area (Å²) in [5, 5.41) is 2.66. The lowest BCUT2D eigenvalue weighted by molar-refractivity contribution is -0.133. The van der Waals surface area contributed by atoms with Crippen molar-refractivity contribution in [2.75, 3.05) is 6.54 Å². The van der Waals surface area contributed by atoms with Gasteiger partial charge in [0.1, 0.15) is 0 Å². The van der Waals surface area contributed by atoms with E-state index in [1.165, 1.54) is 0 Å². The number of carbonyl (C=O) groups is 2. The molecule has 1 unspecified atom stereocenters.